The third-order valence-electron chi connectivity index (χ3n) is 5.19. The fraction of sp³-hybridized carbons (Fsp3) is 0.318. The molecule has 0 aliphatic heterocycles. The zero-order valence-electron chi connectivity index (χ0n) is 17.4. The lowest BCUT2D eigenvalue weighted by Crippen LogP contribution is -2.47. The lowest BCUT2D eigenvalue weighted by atomic mass is 9.98. The Balaban J connectivity index is 1.59. The van der Waals surface area contributed by atoms with E-state index in [0.717, 1.165) is 29.2 Å². The van der Waals surface area contributed by atoms with Gasteiger partial charge >= 0.3 is 18.2 Å². The van der Waals surface area contributed by atoms with Gasteiger partial charge in [0.25, 0.3) is 5.91 Å². The Morgan fingerprint density at radius 1 is 1.03 bits per heavy atom. The average molecular weight is 466 g/mol. The van der Waals surface area contributed by atoms with Crippen molar-refractivity contribution in [2.75, 3.05) is 13.2 Å². The zero-order valence-corrected chi connectivity index (χ0v) is 17.4. The van der Waals surface area contributed by atoms with Gasteiger partial charge in [-0.3, -0.25) is 9.63 Å². The van der Waals surface area contributed by atoms with Gasteiger partial charge in [-0.15, -0.1) is 0 Å². The summed E-state index contributed by atoms with van der Waals surface area (Å²) in [6.45, 7) is -0.195. The molecule has 0 saturated heterocycles. The Morgan fingerprint density at radius 3 is 2.09 bits per heavy atom. The van der Waals surface area contributed by atoms with Crippen molar-refractivity contribution in [2.24, 2.45) is 5.92 Å². The molecule has 2 aromatic carbocycles. The number of aliphatic carboxylic acids is 1. The van der Waals surface area contributed by atoms with Gasteiger partial charge in [0.05, 0.1) is 0 Å². The number of benzene rings is 2. The van der Waals surface area contributed by atoms with Crippen LogP contribution in [0.4, 0.5) is 18.0 Å². The molecule has 0 heterocycles. The summed E-state index contributed by atoms with van der Waals surface area (Å²) in [6.07, 6.45) is -7.70. The fourth-order valence-corrected chi connectivity index (χ4v) is 3.46. The van der Waals surface area contributed by atoms with Crippen LogP contribution in [-0.2, 0) is 19.2 Å². The second-order valence-corrected chi connectivity index (χ2v) is 7.37. The highest BCUT2D eigenvalue weighted by atomic mass is 19.4. The zero-order chi connectivity index (χ0) is 24.2. The maximum absolute atomic E-state index is 13.2. The highest BCUT2D eigenvalue weighted by Crippen LogP contribution is 2.44. The number of rotatable bonds is 8. The van der Waals surface area contributed by atoms with Crippen LogP contribution in [0, 0.1) is 5.92 Å². The summed E-state index contributed by atoms with van der Waals surface area (Å²) in [5.74, 6) is -6.07. The maximum Gasteiger partial charge on any atom is 0.407 e. The number of carbonyl (C=O) groups is 3. The van der Waals surface area contributed by atoms with Crippen molar-refractivity contribution in [3.63, 3.8) is 0 Å². The molecule has 3 N–H and O–H groups in total. The first-order valence-electron chi connectivity index (χ1n) is 9.93. The number of alkyl halides is 3. The molecular weight excluding hydrogens is 445 g/mol. The van der Waals surface area contributed by atoms with Gasteiger partial charge in [0.15, 0.2) is 12.0 Å². The number of alkyl carbamates (subject to hydrolysis) is 1. The molecule has 3 rings (SSSR count). The largest absolute Gasteiger partial charge is 0.479 e. The number of ether oxygens (including phenoxy) is 1. The highest BCUT2D eigenvalue weighted by molar-refractivity contribution is 5.80. The number of hydrogen-bond donors (Lipinski definition) is 3. The standard InChI is InChI=1S/C22H21F3N2O6/c1-12(20(29)30)33-27-19(28)18(22(23,24)25)10-26-21(31)32-11-17-15-8-4-2-6-13(15)14-7-3-5-9-16(14)17/h2-9,12,17-18H,10-11H2,1H3,(H,26,31)(H,27,28)(H,29,30). The van der Waals surface area contributed by atoms with E-state index >= 15 is 0 Å². The van der Waals surface area contributed by atoms with Crippen LogP contribution in [0.1, 0.15) is 24.0 Å². The van der Waals surface area contributed by atoms with Gasteiger partial charge in [0.1, 0.15) is 6.61 Å². The number of halogens is 3. The second kappa shape index (κ2) is 9.90. The Labute approximate surface area is 186 Å². The van der Waals surface area contributed by atoms with Gasteiger partial charge in [-0.1, -0.05) is 48.5 Å². The molecular formula is C22H21F3N2O6. The smallest absolute Gasteiger partial charge is 0.407 e. The normalized spacial score (nSPS) is 14.5. The molecule has 2 amide bonds. The molecule has 2 unspecified atom stereocenters. The average Bonchev–Trinajstić information content (AvgIpc) is 3.09. The van der Waals surface area contributed by atoms with Gasteiger partial charge in [-0.2, -0.15) is 13.2 Å². The number of carboxylic acid groups (broad SMARTS) is 1. The van der Waals surface area contributed by atoms with Gasteiger partial charge in [0.2, 0.25) is 0 Å². The number of amides is 2. The van der Waals surface area contributed by atoms with Crippen LogP contribution in [0.3, 0.4) is 0 Å². The van der Waals surface area contributed by atoms with Crippen molar-refractivity contribution >= 4 is 18.0 Å². The van der Waals surface area contributed by atoms with Crippen LogP contribution < -0.4 is 10.8 Å². The van der Waals surface area contributed by atoms with Crippen LogP contribution in [0.2, 0.25) is 0 Å². The molecule has 0 saturated carbocycles. The van der Waals surface area contributed by atoms with Gasteiger partial charge in [-0.05, 0) is 29.2 Å². The minimum Gasteiger partial charge on any atom is -0.479 e. The molecule has 2 atom stereocenters. The Hall–Kier alpha value is -3.60. The molecule has 11 heteroatoms. The van der Waals surface area contributed by atoms with Crippen molar-refractivity contribution in [1.29, 1.82) is 0 Å². The van der Waals surface area contributed by atoms with Crippen LogP contribution in [0.15, 0.2) is 48.5 Å². The topological polar surface area (TPSA) is 114 Å². The number of carbonyl (C=O) groups excluding carboxylic acids is 2. The first kappa shape index (κ1) is 24.1. The summed E-state index contributed by atoms with van der Waals surface area (Å²) in [5, 5.41) is 10.6. The van der Waals surface area contributed by atoms with Crippen LogP contribution in [0.5, 0.6) is 0 Å². The maximum atomic E-state index is 13.2. The number of hydrogen-bond acceptors (Lipinski definition) is 5. The Bertz CT molecular complexity index is 997. The van der Waals surface area contributed by atoms with Gasteiger partial charge in [-0.25, -0.2) is 15.1 Å². The lowest BCUT2D eigenvalue weighted by molar-refractivity contribution is -0.191. The molecule has 0 bridgehead atoms. The lowest BCUT2D eigenvalue weighted by Gasteiger charge is -2.21. The summed E-state index contributed by atoms with van der Waals surface area (Å²) in [5.41, 5.74) is 5.31. The molecule has 176 valence electrons. The summed E-state index contributed by atoms with van der Waals surface area (Å²) >= 11 is 0. The summed E-state index contributed by atoms with van der Waals surface area (Å²) < 4.78 is 44.9. The minimum absolute atomic E-state index is 0.109. The van der Waals surface area contributed by atoms with Crippen LogP contribution in [-0.4, -0.2) is 48.5 Å². The Kier molecular flexibility index (Phi) is 7.22. The molecule has 8 nitrogen and oxygen atoms in total. The van der Waals surface area contributed by atoms with E-state index in [0.29, 0.717) is 0 Å². The van der Waals surface area contributed by atoms with Gasteiger partial charge in [0, 0.05) is 12.5 Å². The minimum atomic E-state index is -5.02. The number of carboxylic acids is 1. The van der Waals surface area contributed by atoms with Crippen LogP contribution >= 0.6 is 0 Å². The van der Waals surface area contributed by atoms with Crippen molar-refractivity contribution in [2.45, 2.75) is 25.1 Å². The molecule has 33 heavy (non-hydrogen) atoms. The number of fused-ring (bicyclic) bond motifs is 3. The van der Waals surface area contributed by atoms with Crippen molar-refractivity contribution in [3.8, 4) is 11.1 Å². The first-order chi connectivity index (χ1) is 15.6. The van der Waals surface area contributed by atoms with E-state index in [1.807, 2.05) is 53.8 Å². The molecule has 0 radical (unpaired) electrons. The van der Waals surface area contributed by atoms with Crippen molar-refractivity contribution in [3.05, 3.63) is 59.7 Å². The van der Waals surface area contributed by atoms with E-state index < -0.39 is 42.7 Å². The first-order valence-corrected chi connectivity index (χ1v) is 9.93. The molecule has 1 aliphatic rings. The molecule has 0 spiro atoms. The predicted octanol–water partition coefficient (Wildman–Crippen LogP) is 3.22. The number of nitrogens with one attached hydrogen (secondary N) is 2. The number of hydroxylamine groups is 1. The van der Waals surface area contributed by atoms with Crippen LogP contribution in [0.25, 0.3) is 11.1 Å². The predicted molar refractivity (Wildman–Crippen MR) is 109 cm³/mol. The molecule has 0 aromatic heterocycles. The third kappa shape index (κ3) is 5.61. The molecule has 2 aromatic rings. The SMILES string of the molecule is CC(ONC(=O)C(CNC(=O)OCC1c2ccccc2-c2ccccc21)C(F)(F)F)C(=O)O. The van der Waals surface area contributed by atoms with E-state index in [4.69, 9.17) is 9.84 Å². The van der Waals surface area contributed by atoms with E-state index in [9.17, 15) is 27.6 Å². The summed E-state index contributed by atoms with van der Waals surface area (Å²) in [4.78, 5) is 39.0. The van der Waals surface area contributed by atoms with Crippen molar-refractivity contribution < 1.29 is 42.2 Å². The quantitative estimate of drug-likeness (QED) is 0.515. The van der Waals surface area contributed by atoms with E-state index in [-0.39, 0.29) is 12.5 Å². The van der Waals surface area contributed by atoms with E-state index in [2.05, 4.69) is 4.84 Å². The fourth-order valence-electron chi connectivity index (χ4n) is 3.46. The van der Waals surface area contributed by atoms with Gasteiger partial charge < -0.3 is 15.2 Å². The van der Waals surface area contributed by atoms with Crippen molar-refractivity contribution in [1.82, 2.24) is 10.8 Å². The Morgan fingerprint density at radius 2 is 1.58 bits per heavy atom. The third-order valence-corrected chi connectivity index (χ3v) is 5.19. The van der Waals surface area contributed by atoms with E-state index in [1.165, 1.54) is 5.48 Å². The summed E-state index contributed by atoms with van der Waals surface area (Å²) in [7, 11) is 0. The summed E-state index contributed by atoms with van der Waals surface area (Å²) in [6, 6.07) is 15.1. The monoisotopic (exact) mass is 466 g/mol. The molecule has 1 aliphatic carbocycles. The molecule has 0 fully saturated rings. The highest BCUT2D eigenvalue weighted by Gasteiger charge is 2.45. The van der Waals surface area contributed by atoms with E-state index in [1.54, 1.807) is 0 Å². The second-order valence-electron chi connectivity index (χ2n) is 7.37.